The van der Waals surface area contributed by atoms with Crippen LogP contribution in [-0.4, -0.2) is 18.6 Å². The molecule has 2 rings (SSSR count). The molecular weight excluding hydrogens is 209 g/mol. The third kappa shape index (κ3) is 2.95. The second kappa shape index (κ2) is 4.51. The van der Waals surface area contributed by atoms with Crippen molar-refractivity contribution in [2.45, 2.75) is 25.8 Å². The fourth-order valence-electron chi connectivity index (χ4n) is 1.37. The van der Waals surface area contributed by atoms with Crippen LogP contribution in [0.15, 0.2) is 18.2 Å². The van der Waals surface area contributed by atoms with Gasteiger partial charge in [-0.25, -0.2) is 4.39 Å². The lowest BCUT2D eigenvalue weighted by atomic mass is 10.2. The molecule has 0 aromatic heterocycles. The van der Waals surface area contributed by atoms with Crippen molar-refractivity contribution < 1.29 is 13.9 Å². The van der Waals surface area contributed by atoms with Crippen LogP contribution in [0.25, 0.3) is 0 Å². The van der Waals surface area contributed by atoms with Gasteiger partial charge in [0.2, 0.25) is 0 Å². The smallest absolute Gasteiger partial charge is 0.258 e. The molecule has 0 radical (unpaired) electrons. The number of hydrogen-bond donors (Lipinski definition) is 1. The summed E-state index contributed by atoms with van der Waals surface area (Å²) in [6.07, 6.45) is 2.09. The van der Waals surface area contributed by atoms with E-state index in [1.54, 1.807) is 6.07 Å². The Bertz CT molecular complexity index is 402. The summed E-state index contributed by atoms with van der Waals surface area (Å²) >= 11 is 0. The summed E-state index contributed by atoms with van der Waals surface area (Å²) in [4.78, 5) is 11.3. The Morgan fingerprint density at radius 1 is 1.56 bits per heavy atom. The molecule has 3 nitrogen and oxygen atoms in total. The molecule has 0 heterocycles. The molecule has 1 aliphatic carbocycles. The van der Waals surface area contributed by atoms with Gasteiger partial charge in [-0.1, -0.05) is 6.07 Å². The van der Waals surface area contributed by atoms with Crippen molar-refractivity contribution in [3.05, 3.63) is 29.6 Å². The topological polar surface area (TPSA) is 38.3 Å². The first kappa shape index (κ1) is 10.9. The Morgan fingerprint density at radius 2 is 2.31 bits per heavy atom. The number of benzene rings is 1. The predicted molar refractivity (Wildman–Crippen MR) is 57.8 cm³/mol. The lowest BCUT2D eigenvalue weighted by Crippen LogP contribution is -2.30. The lowest BCUT2D eigenvalue weighted by Gasteiger charge is -2.09. The Balaban J connectivity index is 1.87. The molecule has 1 N–H and O–H groups in total. The van der Waals surface area contributed by atoms with Crippen LogP contribution >= 0.6 is 0 Å². The quantitative estimate of drug-likeness (QED) is 0.845. The third-order valence-electron chi connectivity index (χ3n) is 2.45. The molecule has 86 valence electrons. The standard InChI is InChI=1S/C12H14FNO2/c1-8-2-3-9(13)6-11(8)16-7-12(15)14-10-4-5-10/h2-3,6,10H,4-5,7H2,1H3,(H,14,15). The monoisotopic (exact) mass is 223 g/mol. The van der Waals surface area contributed by atoms with Gasteiger partial charge in [0.25, 0.3) is 5.91 Å². The minimum atomic E-state index is -0.358. The van der Waals surface area contributed by atoms with Gasteiger partial charge in [-0.15, -0.1) is 0 Å². The largest absolute Gasteiger partial charge is 0.483 e. The van der Waals surface area contributed by atoms with Gasteiger partial charge in [-0.05, 0) is 31.4 Å². The van der Waals surface area contributed by atoms with Crippen LogP contribution in [0.2, 0.25) is 0 Å². The van der Waals surface area contributed by atoms with Crippen molar-refractivity contribution in [1.29, 1.82) is 0 Å². The van der Waals surface area contributed by atoms with E-state index in [-0.39, 0.29) is 18.3 Å². The molecule has 1 aliphatic rings. The normalized spacial score (nSPS) is 14.6. The molecule has 1 fully saturated rings. The summed E-state index contributed by atoms with van der Waals surface area (Å²) < 4.78 is 18.2. The second-order valence-corrected chi connectivity index (χ2v) is 4.04. The number of rotatable bonds is 4. The summed E-state index contributed by atoms with van der Waals surface area (Å²) in [7, 11) is 0. The molecular formula is C12H14FNO2. The number of halogens is 1. The average molecular weight is 223 g/mol. The van der Waals surface area contributed by atoms with Crippen LogP contribution in [0.3, 0.4) is 0 Å². The zero-order valence-corrected chi connectivity index (χ0v) is 9.13. The highest BCUT2D eigenvalue weighted by molar-refractivity contribution is 5.78. The van der Waals surface area contributed by atoms with E-state index in [1.807, 2.05) is 6.92 Å². The molecule has 0 aliphatic heterocycles. The van der Waals surface area contributed by atoms with Gasteiger partial charge in [-0.3, -0.25) is 4.79 Å². The zero-order valence-electron chi connectivity index (χ0n) is 9.13. The third-order valence-corrected chi connectivity index (χ3v) is 2.45. The van der Waals surface area contributed by atoms with E-state index >= 15 is 0 Å². The molecule has 0 spiro atoms. The highest BCUT2D eigenvalue weighted by Gasteiger charge is 2.23. The number of carbonyl (C=O) groups excluding carboxylic acids is 1. The highest BCUT2D eigenvalue weighted by Crippen LogP contribution is 2.20. The number of amides is 1. The molecule has 0 unspecified atom stereocenters. The molecule has 4 heteroatoms. The first-order valence-corrected chi connectivity index (χ1v) is 5.33. The van der Waals surface area contributed by atoms with E-state index in [9.17, 15) is 9.18 Å². The van der Waals surface area contributed by atoms with Crippen LogP contribution in [0.4, 0.5) is 4.39 Å². The summed E-state index contributed by atoms with van der Waals surface area (Å²) in [6.45, 7) is 1.76. The predicted octanol–water partition coefficient (Wildman–Crippen LogP) is 1.79. The van der Waals surface area contributed by atoms with E-state index < -0.39 is 0 Å². The van der Waals surface area contributed by atoms with Crippen LogP contribution in [0.1, 0.15) is 18.4 Å². The van der Waals surface area contributed by atoms with Crippen molar-refractivity contribution in [2.24, 2.45) is 0 Å². The van der Waals surface area contributed by atoms with Crippen molar-refractivity contribution in [3.8, 4) is 5.75 Å². The van der Waals surface area contributed by atoms with Crippen LogP contribution in [-0.2, 0) is 4.79 Å². The lowest BCUT2D eigenvalue weighted by molar-refractivity contribution is -0.123. The molecule has 0 atom stereocenters. The molecule has 0 bridgehead atoms. The van der Waals surface area contributed by atoms with Crippen molar-refractivity contribution in [1.82, 2.24) is 5.32 Å². The Kier molecular flexibility index (Phi) is 3.08. The molecule has 0 saturated heterocycles. The fraction of sp³-hybridized carbons (Fsp3) is 0.417. The van der Waals surface area contributed by atoms with Gasteiger partial charge in [0.1, 0.15) is 11.6 Å². The number of ether oxygens (including phenoxy) is 1. The molecule has 16 heavy (non-hydrogen) atoms. The maximum atomic E-state index is 12.9. The molecule has 1 amide bonds. The van der Waals surface area contributed by atoms with Gasteiger partial charge in [-0.2, -0.15) is 0 Å². The van der Waals surface area contributed by atoms with Gasteiger partial charge >= 0.3 is 0 Å². The minimum Gasteiger partial charge on any atom is -0.483 e. The number of aryl methyl sites for hydroxylation is 1. The van der Waals surface area contributed by atoms with E-state index in [4.69, 9.17) is 4.74 Å². The van der Waals surface area contributed by atoms with E-state index in [0.29, 0.717) is 11.8 Å². The van der Waals surface area contributed by atoms with Crippen LogP contribution in [0.5, 0.6) is 5.75 Å². The fourth-order valence-corrected chi connectivity index (χ4v) is 1.37. The van der Waals surface area contributed by atoms with Crippen LogP contribution in [0, 0.1) is 12.7 Å². The van der Waals surface area contributed by atoms with Crippen molar-refractivity contribution >= 4 is 5.91 Å². The second-order valence-electron chi connectivity index (χ2n) is 4.04. The van der Waals surface area contributed by atoms with Crippen molar-refractivity contribution in [3.63, 3.8) is 0 Å². The summed E-state index contributed by atoms with van der Waals surface area (Å²) in [5, 5.41) is 2.80. The Hall–Kier alpha value is -1.58. The number of carbonyl (C=O) groups is 1. The number of nitrogens with one attached hydrogen (secondary N) is 1. The van der Waals surface area contributed by atoms with Crippen molar-refractivity contribution in [2.75, 3.05) is 6.61 Å². The summed E-state index contributed by atoms with van der Waals surface area (Å²) in [6, 6.07) is 4.61. The molecule has 1 aromatic carbocycles. The first-order chi connectivity index (χ1) is 7.65. The van der Waals surface area contributed by atoms with E-state index in [2.05, 4.69) is 5.32 Å². The van der Waals surface area contributed by atoms with Gasteiger partial charge in [0.15, 0.2) is 6.61 Å². The zero-order chi connectivity index (χ0) is 11.5. The summed E-state index contributed by atoms with van der Waals surface area (Å²) in [5.41, 5.74) is 0.820. The van der Waals surface area contributed by atoms with Crippen LogP contribution < -0.4 is 10.1 Å². The highest BCUT2D eigenvalue weighted by atomic mass is 19.1. The van der Waals surface area contributed by atoms with Gasteiger partial charge in [0.05, 0.1) is 0 Å². The maximum absolute atomic E-state index is 12.9. The Morgan fingerprint density at radius 3 is 3.00 bits per heavy atom. The first-order valence-electron chi connectivity index (χ1n) is 5.33. The Labute approximate surface area is 93.6 Å². The maximum Gasteiger partial charge on any atom is 0.258 e. The van der Waals surface area contributed by atoms with Gasteiger partial charge < -0.3 is 10.1 Å². The minimum absolute atomic E-state index is 0.0548. The summed E-state index contributed by atoms with van der Waals surface area (Å²) in [5.74, 6) is -0.0830. The molecule has 1 aromatic rings. The van der Waals surface area contributed by atoms with E-state index in [0.717, 1.165) is 18.4 Å². The van der Waals surface area contributed by atoms with E-state index in [1.165, 1.54) is 12.1 Å². The number of hydrogen-bond acceptors (Lipinski definition) is 2. The SMILES string of the molecule is Cc1ccc(F)cc1OCC(=O)NC1CC1. The van der Waals surface area contributed by atoms with Gasteiger partial charge in [0, 0.05) is 12.1 Å². The molecule has 1 saturated carbocycles. The average Bonchev–Trinajstić information content (AvgIpc) is 3.03.